The lowest BCUT2D eigenvalue weighted by Gasteiger charge is -2.21. The number of aliphatic hydroxyl groups is 1. The number of carboxylic acids is 1. The summed E-state index contributed by atoms with van der Waals surface area (Å²) in [5.74, 6) is -2.30. The van der Waals surface area contributed by atoms with Crippen molar-refractivity contribution >= 4 is 33.7 Å². The summed E-state index contributed by atoms with van der Waals surface area (Å²) >= 11 is 3.05. The van der Waals surface area contributed by atoms with E-state index in [9.17, 15) is 19.5 Å². The Labute approximate surface area is 127 Å². The molecule has 9 heteroatoms. The number of furan rings is 1. The monoisotopic (exact) mass is 360 g/mol. The molecule has 1 saturated heterocycles. The number of carbonyl (C=O) groups excluding carboxylic acids is 2. The fourth-order valence-electron chi connectivity index (χ4n) is 2.10. The molecule has 0 spiro atoms. The third-order valence-corrected chi connectivity index (χ3v) is 3.51. The number of rotatable bonds is 4. The molecule has 0 saturated carbocycles. The van der Waals surface area contributed by atoms with E-state index in [1.54, 1.807) is 0 Å². The minimum absolute atomic E-state index is 0.0137. The number of aliphatic hydroxyl groups excluding tert-OH is 1. The number of carbonyl (C=O) groups is 3. The van der Waals surface area contributed by atoms with Crippen LogP contribution in [0.5, 0.6) is 0 Å². The zero-order valence-corrected chi connectivity index (χ0v) is 12.4. The molecule has 0 aromatic carbocycles. The average Bonchev–Trinajstić information content (AvgIpc) is 3.01. The maximum Gasteiger partial charge on any atom is 0.326 e. The quantitative estimate of drug-likeness (QED) is 0.684. The molecule has 1 unspecified atom stereocenters. The number of aliphatic carboxylic acids is 1. The smallest absolute Gasteiger partial charge is 0.326 e. The molecule has 1 aliphatic heterocycles. The molecule has 0 aliphatic carbocycles. The Morgan fingerprint density at radius 1 is 1.43 bits per heavy atom. The molecule has 0 bridgehead atoms. The molecule has 2 rings (SSSR count). The van der Waals surface area contributed by atoms with Gasteiger partial charge in [0.2, 0.25) is 5.91 Å². The van der Waals surface area contributed by atoms with Gasteiger partial charge in [-0.2, -0.15) is 0 Å². The Kier molecular flexibility index (Phi) is 4.63. The summed E-state index contributed by atoms with van der Waals surface area (Å²) in [6.07, 6.45) is -0.882. The van der Waals surface area contributed by atoms with Crippen LogP contribution < -0.4 is 5.32 Å². The highest BCUT2D eigenvalue weighted by Gasteiger charge is 2.38. The molecule has 1 aromatic rings. The minimum Gasteiger partial charge on any atom is -0.480 e. The van der Waals surface area contributed by atoms with Gasteiger partial charge in [-0.25, -0.2) is 4.79 Å². The van der Waals surface area contributed by atoms with Gasteiger partial charge in [0.25, 0.3) is 5.91 Å². The third-order valence-electron chi connectivity index (χ3n) is 3.08. The predicted molar refractivity (Wildman–Crippen MR) is 72.5 cm³/mol. The Morgan fingerprint density at radius 3 is 2.71 bits per heavy atom. The summed E-state index contributed by atoms with van der Waals surface area (Å²) in [4.78, 5) is 35.7. The summed E-state index contributed by atoms with van der Waals surface area (Å²) in [6.45, 7) is -0.425. The van der Waals surface area contributed by atoms with Gasteiger partial charge in [-0.05, 0) is 28.1 Å². The highest BCUT2D eigenvalue weighted by Crippen LogP contribution is 2.18. The maximum absolute atomic E-state index is 11.9. The van der Waals surface area contributed by atoms with E-state index in [1.807, 2.05) is 0 Å². The zero-order chi connectivity index (χ0) is 15.6. The van der Waals surface area contributed by atoms with Crippen LogP contribution in [0, 0.1) is 0 Å². The van der Waals surface area contributed by atoms with Gasteiger partial charge >= 0.3 is 5.97 Å². The molecule has 2 atom stereocenters. The van der Waals surface area contributed by atoms with E-state index in [2.05, 4.69) is 21.2 Å². The van der Waals surface area contributed by atoms with Crippen LogP contribution in [-0.4, -0.2) is 58.1 Å². The molecule has 0 radical (unpaired) electrons. The molecule has 1 fully saturated rings. The molecule has 2 amide bonds. The van der Waals surface area contributed by atoms with E-state index < -0.39 is 29.9 Å². The third kappa shape index (κ3) is 3.61. The summed E-state index contributed by atoms with van der Waals surface area (Å²) in [7, 11) is 0. The lowest BCUT2D eigenvalue weighted by molar-refractivity contribution is -0.147. The molecule has 2 heterocycles. The van der Waals surface area contributed by atoms with Crippen LogP contribution in [0.3, 0.4) is 0 Å². The van der Waals surface area contributed by atoms with Gasteiger partial charge in [-0.1, -0.05) is 0 Å². The largest absolute Gasteiger partial charge is 0.480 e. The zero-order valence-electron chi connectivity index (χ0n) is 10.8. The highest BCUT2D eigenvalue weighted by atomic mass is 79.9. The van der Waals surface area contributed by atoms with Crippen molar-refractivity contribution < 1.29 is 29.0 Å². The number of halogens is 1. The first kappa shape index (κ1) is 15.5. The molecule has 1 aromatic heterocycles. The van der Waals surface area contributed by atoms with Crippen molar-refractivity contribution in [2.75, 3.05) is 13.1 Å². The van der Waals surface area contributed by atoms with Crippen molar-refractivity contribution in [3.05, 3.63) is 22.6 Å². The lowest BCUT2D eigenvalue weighted by atomic mass is 10.2. The first-order valence-corrected chi connectivity index (χ1v) is 6.91. The van der Waals surface area contributed by atoms with Gasteiger partial charge in [-0.3, -0.25) is 9.59 Å². The Bertz CT molecular complexity index is 572. The predicted octanol–water partition coefficient (Wildman–Crippen LogP) is -0.182. The maximum atomic E-state index is 11.9. The van der Waals surface area contributed by atoms with E-state index in [0.717, 1.165) is 4.90 Å². The van der Waals surface area contributed by atoms with Gasteiger partial charge in [0.05, 0.1) is 12.6 Å². The summed E-state index contributed by atoms with van der Waals surface area (Å²) in [6, 6.07) is 1.90. The number of hydrogen-bond donors (Lipinski definition) is 3. The van der Waals surface area contributed by atoms with Crippen LogP contribution in [0.1, 0.15) is 17.0 Å². The molecule has 3 N–H and O–H groups in total. The number of likely N-dealkylation sites (tertiary alicyclic amines) is 1. The first-order chi connectivity index (χ1) is 9.88. The number of β-amino-alcohol motifs (C(OH)–C–C–N with tert-alkyl or cyclic N) is 1. The SMILES string of the molecule is O=C(NCC(=O)N1CC(O)C[C@H]1C(=O)O)c1ccc(Br)o1. The van der Waals surface area contributed by atoms with Gasteiger partial charge in [0, 0.05) is 13.0 Å². The topological polar surface area (TPSA) is 120 Å². The van der Waals surface area contributed by atoms with Gasteiger partial charge in [-0.15, -0.1) is 0 Å². The van der Waals surface area contributed by atoms with Crippen LogP contribution in [0.4, 0.5) is 0 Å². The van der Waals surface area contributed by atoms with Gasteiger partial charge in [0.15, 0.2) is 10.4 Å². The van der Waals surface area contributed by atoms with E-state index in [0.29, 0.717) is 4.67 Å². The molecule has 1 aliphatic rings. The van der Waals surface area contributed by atoms with Crippen LogP contribution >= 0.6 is 15.9 Å². The second kappa shape index (κ2) is 6.27. The van der Waals surface area contributed by atoms with Crippen molar-refractivity contribution in [2.24, 2.45) is 0 Å². The van der Waals surface area contributed by atoms with Crippen LogP contribution in [0.15, 0.2) is 21.2 Å². The lowest BCUT2D eigenvalue weighted by Crippen LogP contribution is -2.45. The normalized spacial score (nSPS) is 21.3. The second-order valence-corrected chi connectivity index (χ2v) is 5.36. The van der Waals surface area contributed by atoms with Crippen LogP contribution in [0.25, 0.3) is 0 Å². The number of nitrogens with zero attached hydrogens (tertiary/aromatic N) is 1. The molecular weight excluding hydrogens is 348 g/mol. The fraction of sp³-hybridized carbons (Fsp3) is 0.417. The van der Waals surface area contributed by atoms with E-state index in [4.69, 9.17) is 9.52 Å². The van der Waals surface area contributed by atoms with E-state index in [1.165, 1.54) is 12.1 Å². The van der Waals surface area contributed by atoms with E-state index >= 15 is 0 Å². The highest BCUT2D eigenvalue weighted by molar-refractivity contribution is 9.10. The first-order valence-electron chi connectivity index (χ1n) is 6.12. The molecule has 8 nitrogen and oxygen atoms in total. The fourth-order valence-corrected chi connectivity index (χ4v) is 2.41. The Balaban J connectivity index is 1.92. The molecular formula is C12H13BrN2O6. The van der Waals surface area contributed by atoms with Crippen molar-refractivity contribution in [2.45, 2.75) is 18.6 Å². The van der Waals surface area contributed by atoms with Crippen molar-refractivity contribution in [3.63, 3.8) is 0 Å². The van der Waals surface area contributed by atoms with E-state index in [-0.39, 0.29) is 25.3 Å². The molecule has 114 valence electrons. The van der Waals surface area contributed by atoms with Crippen LogP contribution in [0.2, 0.25) is 0 Å². The summed E-state index contributed by atoms with van der Waals surface area (Å²) in [5.41, 5.74) is 0. The summed E-state index contributed by atoms with van der Waals surface area (Å²) in [5, 5.41) is 20.8. The Morgan fingerprint density at radius 2 is 2.14 bits per heavy atom. The number of hydrogen-bond acceptors (Lipinski definition) is 5. The standard InChI is InChI=1S/C12H13BrN2O6/c13-9-2-1-8(21-9)11(18)14-4-10(17)15-5-6(16)3-7(15)12(19)20/h1-2,6-7,16H,3-5H2,(H,14,18)(H,19,20)/t6?,7-/m0/s1. The van der Waals surface area contributed by atoms with Crippen LogP contribution in [-0.2, 0) is 9.59 Å². The Hall–Kier alpha value is -1.87. The van der Waals surface area contributed by atoms with Gasteiger partial charge in [0.1, 0.15) is 6.04 Å². The van der Waals surface area contributed by atoms with Crippen molar-refractivity contribution in [3.8, 4) is 0 Å². The number of nitrogens with one attached hydrogen (secondary N) is 1. The molecule has 21 heavy (non-hydrogen) atoms. The van der Waals surface area contributed by atoms with Crippen molar-refractivity contribution in [1.29, 1.82) is 0 Å². The summed E-state index contributed by atoms with van der Waals surface area (Å²) < 4.78 is 5.41. The number of amides is 2. The van der Waals surface area contributed by atoms with Crippen molar-refractivity contribution in [1.82, 2.24) is 10.2 Å². The van der Waals surface area contributed by atoms with Gasteiger partial charge < -0.3 is 24.8 Å². The second-order valence-electron chi connectivity index (χ2n) is 4.58. The average molecular weight is 361 g/mol. The number of carboxylic acid groups (broad SMARTS) is 1. The minimum atomic E-state index is -1.18.